The summed E-state index contributed by atoms with van der Waals surface area (Å²) in [6, 6.07) is 8.12. The lowest BCUT2D eigenvalue weighted by atomic mass is 10.0. The molecule has 0 spiro atoms. The number of fused-ring (bicyclic) bond motifs is 1. The van der Waals surface area contributed by atoms with Crippen LogP contribution in [-0.4, -0.2) is 46.8 Å². The molecule has 2 heterocycles. The molecule has 21 heavy (non-hydrogen) atoms. The summed E-state index contributed by atoms with van der Waals surface area (Å²) in [4.78, 5) is 16.8. The Kier molecular flexibility index (Phi) is 3.94. The van der Waals surface area contributed by atoms with E-state index >= 15 is 0 Å². The van der Waals surface area contributed by atoms with E-state index in [0.29, 0.717) is 13.2 Å². The van der Waals surface area contributed by atoms with E-state index in [9.17, 15) is 9.90 Å². The summed E-state index contributed by atoms with van der Waals surface area (Å²) in [6.07, 6.45) is 2.01. The molecule has 3 rings (SSSR count). The lowest BCUT2D eigenvalue weighted by Gasteiger charge is -2.28. The summed E-state index contributed by atoms with van der Waals surface area (Å²) in [5.41, 5.74) is 2.31. The number of aliphatic carboxylic acids is 1. The summed E-state index contributed by atoms with van der Waals surface area (Å²) < 4.78 is 5.39. The van der Waals surface area contributed by atoms with Crippen LogP contribution in [0.15, 0.2) is 30.5 Å². The minimum atomic E-state index is -0.769. The zero-order valence-electron chi connectivity index (χ0n) is 12.1. The van der Waals surface area contributed by atoms with Crippen molar-refractivity contribution in [2.45, 2.75) is 19.5 Å². The van der Waals surface area contributed by atoms with E-state index in [1.165, 1.54) is 10.9 Å². The molecule has 0 saturated carbocycles. The SMILES string of the molecule is CCN(Cc1c[nH]c2ccccc12)C1COCC1C(=O)O. The Labute approximate surface area is 123 Å². The normalized spacial score (nSPS) is 22.2. The molecule has 2 atom stereocenters. The summed E-state index contributed by atoms with van der Waals surface area (Å²) in [6.45, 7) is 4.40. The molecule has 1 fully saturated rings. The maximum absolute atomic E-state index is 11.3. The number of hydrogen-bond acceptors (Lipinski definition) is 3. The summed E-state index contributed by atoms with van der Waals surface area (Å²) in [5, 5.41) is 10.5. The molecule has 1 aliphatic heterocycles. The number of H-pyrrole nitrogens is 1. The monoisotopic (exact) mass is 288 g/mol. The maximum atomic E-state index is 11.3. The van der Waals surface area contributed by atoms with Crippen molar-refractivity contribution in [2.75, 3.05) is 19.8 Å². The number of hydrogen-bond donors (Lipinski definition) is 2. The first-order valence-electron chi connectivity index (χ1n) is 7.30. The smallest absolute Gasteiger partial charge is 0.310 e. The van der Waals surface area contributed by atoms with Crippen molar-refractivity contribution in [2.24, 2.45) is 5.92 Å². The van der Waals surface area contributed by atoms with Gasteiger partial charge in [0.25, 0.3) is 0 Å². The molecule has 0 aliphatic carbocycles. The lowest BCUT2D eigenvalue weighted by molar-refractivity contribution is -0.143. The Morgan fingerprint density at radius 2 is 2.24 bits per heavy atom. The molecule has 2 unspecified atom stereocenters. The predicted octanol–water partition coefficient (Wildman–Crippen LogP) is 2.09. The fraction of sp³-hybridized carbons (Fsp3) is 0.438. The van der Waals surface area contributed by atoms with Crippen LogP contribution in [0.3, 0.4) is 0 Å². The number of benzene rings is 1. The highest BCUT2D eigenvalue weighted by Gasteiger charge is 2.37. The third-order valence-corrected chi connectivity index (χ3v) is 4.29. The minimum Gasteiger partial charge on any atom is -0.481 e. The maximum Gasteiger partial charge on any atom is 0.310 e. The molecule has 0 amide bonds. The first-order chi connectivity index (χ1) is 10.2. The van der Waals surface area contributed by atoms with Gasteiger partial charge in [-0.05, 0) is 18.2 Å². The average Bonchev–Trinajstić information content (AvgIpc) is 3.12. The van der Waals surface area contributed by atoms with Gasteiger partial charge in [0.15, 0.2) is 0 Å². The number of aromatic amines is 1. The number of carbonyl (C=O) groups is 1. The molecule has 2 N–H and O–H groups in total. The highest BCUT2D eigenvalue weighted by molar-refractivity contribution is 5.83. The number of para-hydroxylation sites is 1. The van der Waals surface area contributed by atoms with E-state index in [0.717, 1.165) is 18.6 Å². The second-order valence-corrected chi connectivity index (χ2v) is 5.47. The number of likely N-dealkylation sites (N-methyl/N-ethyl adjacent to an activating group) is 1. The van der Waals surface area contributed by atoms with E-state index in [1.54, 1.807) is 0 Å². The molecule has 1 aromatic carbocycles. The minimum absolute atomic E-state index is 0.0545. The Hall–Kier alpha value is -1.85. The third kappa shape index (κ3) is 2.66. The van der Waals surface area contributed by atoms with Crippen LogP contribution >= 0.6 is 0 Å². The van der Waals surface area contributed by atoms with Gasteiger partial charge in [-0.25, -0.2) is 0 Å². The standard InChI is InChI=1S/C16H20N2O3/c1-2-18(15-10-21-9-13(15)16(19)20)8-11-7-17-14-6-4-3-5-12(11)14/h3-7,13,15,17H,2,8-10H2,1H3,(H,19,20). The van der Waals surface area contributed by atoms with Crippen LogP contribution in [0.2, 0.25) is 0 Å². The zero-order chi connectivity index (χ0) is 14.8. The van der Waals surface area contributed by atoms with Crippen molar-refractivity contribution in [1.29, 1.82) is 0 Å². The largest absolute Gasteiger partial charge is 0.481 e. The molecule has 0 radical (unpaired) electrons. The van der Waals surface area contributed by atoms with Gasteiger partial charge in [-0.15, -0.1) is 0 Å². The van der Waals surface area contributed by atoms with Crippen molar-refractivity contribution < 1.29 is 14.6 Å². The van der Waals surface area contributed by atoms with Crippen LogP contribution in [-0.2, 0) is 16.1 Å². The molecular formula is C16H20N2O3. The van der Waals surface area contributed by atoms with Crippen LogP contribution in [0.5, 0.6) is 0 Å². The number of rotatable bonds is 5. The molecule has 2 aromatic rings. The Morgan fingerprint density at radius 3 is 3.00 bits per heavy atom. The topological polar surface area (TPSA) is 65.6 Å². The Morgan fingerprint density at radius 1 is 1.43 bits per heavy atom. The molecule has 5 heteroatoms. The second-order valence-electron chi connectivity index (χ2n) is 5.47. The average molecular weight is 288 g/mol. The van der Waals surface area contributed by atoms with Gasteiger partial charge in [-0.1, -0.05) is 25.1 Å². The highest BCUT2D eigenvalue weighted by Crippen LogP contribution is 2.25. The van der Waals surface area contributed by atoms with Crippen LogP contribution < -0.4 is 0 Å². The molecular weight excluding hydrogens is 268 g/mol. The van der Waals surface area contributed by atoms with E-state index in [1.807, 2.05) is 24.4 Å². The van der Waals surface area contributed by atoms with Gasteiger partial charge < -0.3 is 14.8 Å². The van der Waals surface area contributed by atoms with E-state index < -0.39 is 11.9 Å². The summed E-state index contributed by atoms with van der Waals surface area (Å²) in [5.74, 6) is -1.20. The number of aromatic nitrogens is 1. The number of nitrogens with zero attached hydrogens (tertiary/aromatic N) is 1. The van der Waals surface area contributed by atoms with Crippen molar-refractivity contribution >= 4 is 16.9 Å². The third-order valence-electron chi connectivity index (χ3n) is 4.29. The molecule has 1 saturated heterocycles. The van der Waals surface area contributed by atoms with E-state index in [-0.39, 0.29) is 6.04 Å². The summed E-state index contributed by atoms with van der Waals surface area (Å²) >= 11 is 0. The first kappa shape index (κ1) is 14.1. The quantitative estimate of drug-likeness (QED) is 0.884. The predicted molar refractivity (Wildman–Crippen MR) is 80.1 cm³/mol. The molecule has 5 nitrogen and oxygen atoms in total. The molecule has 112 valence electrons. The van der Waals surface area contributed by atoms with Gasteiger partial charge in [-0.2, -0.15) is 0 Å². The highest BCUT2D eigenvalue weighted by atomic mass is 16.5. The van der Waals surface area contributed by atoms with Crippen molar-refractivity contribution in [3.8, 4) is 0 Å². The lowest BCUT2D eigenvalue weighted by Crippen LogP contribution is -2.42. The number of ether oxygens (including phenoxy) is 1. The number of carboxylic acid groups (broad SMARTS) is 1. The molecule has 1 aliphatic rings. The van der Waals surface area contributed by atoms with Crippen LogP contribution in [0.4, 0.5) is 0 Å². The summed E-state index contributed by atoms with van der Waals surface area (Å²) in [7, 11) is 0. The van der Waals surface area contributed by atoms with Gasteiger partial charge in [0.2, 0.25) is 0 Å². The molecule has 0 bridgehead atoms. The van der Waals surface area contributed by atoms with E-state index in [2.05, 4.69) is 22.9 Å². The van der Waals surface area contributed by atoms with Crippen molar-refractivity contribution in [3.05, 3.63) is 36.0 Å². The first-order valence-corrected chi connectivity index (χ1v) is 7.30. The van der Waals surface area contributed by atoms with Crippen LogP contribution in [0, 0.1) is 5.92 Å². The fourth-order valence-corrected chi connectivity index (χ4v) is 3.08. The number of nitrogens with one attached hydrogen (secondary N) is 1. The zero-order valence-corrected chi connectivity index (χ0v) is 12.1. The van der Waals surface area contributed by atoms with Crippen molar-refractivity contribution in [3.63, 3.8) is 0 Å². The number of carboxylic acids is 1. The van der Waals surface area contributed by atoms with Gasteiger partial charge in [-0.3, -0.25) is 9.69 Å². The van der Waals surface area contributed by atoms with Gasteiger partial charge in [0.05, 0.1) is 19.1 Å². The van der Waals surface area contributed by atoms with Gasteiger partial charge in [0, 0.05) is 29.7 Å². The van der Waals surface area contributed by atoms with Crippen molar-refractivity contribution in [1.82, 2.24) is 9.88 Å². The Bertz CT molecular complexity index is 637. The second kappa shape index (κ2) is 5.87. The fourth-order valence-electron chi connectivity index (χ4n) is 3.08. The van der Waals surface area contributed by atoms with Gasteiger partial charge in [0.1, 0.15) is 0 Å². The van der Waals surface area contributed by atoms with E-state index in [4.69, 9.17) is 4.74 Å². The Balaban J connectivity index is 1.82. The van der Waals surface area contributed by atoms with Gasteiger partial charge >= 0.3 is 5.97 Å². The molecule has 1 aromatic heterocycles. The van der Waals surface area contributed by atoms with Crippen LogP contribution in [0.1, 0.15) is 12.5 Å². The van der Waals surface area contributed by atoms with Crippen LogP contribution in [0.25, 0.3) is 10.9 Å².